The second kappa shape index (κ2) is 3.46. The van der Waals surface area contributed by atoms with Crippen LogP contribution in [0.4, 0.5) is 13.2 Å². The maximum Gasteiger partial charge on any atom is 0.417 e. The summed E-state index contributed by atoms with van der Waals surface area (Å²) in [6.45, 7) is 1.83. The first-order valence-electron chi connectivity index (χ1n) is 4.35. The van der Waals surface area contributed by atoms with E-state index in [0.717, 1.165) is 13.5 Å². The molecule has 2 N–H and O–H groups in total. The van der Waals surface area contributed by atoms with E-state index in [0.29, 0.717) is 12.8 Å². The Labute approximate surface area is 75.1 Å². The summed E-state index contributed by atoms with van der Waals surface area (Å²) in [4.78, 5) is 0. The van der Waals surface area contributed by atoms with Crippen molar-refractivity contribution in [3.8, 4) is 0 Å². The lowest BCUT2D eigenvalue weighted by Gasteiger charge is -2.37. The van der Waals surface area contributed by atoms with Gasteiger partial charge in [0.15, 0.2) is 5.60 Å². The fourth-order valence-electron chi connectivity index (χ4n) is 1.56. The van der Waals surface area contributed by atoms with Gasteiger partial charge >= 0.3 is 6.18 Å². The number of hydrogen-bond donors (Lipinski definition) is 2. The lowest BCUT2D eigenvalue weighted by atomic mass is 9.83. The third-order valence-electron chi connectivity index (χ3n) is 2.67. The van der Waals surface area contributed by atoms with E-state index < -0.39 is 17.7 Å². The second-order valence-electron chi connectivity index (χ2n) is 3.69. The molecule has 2 nitrogen and oxygen atoms in total. The molecule has 0 spiro atoms. The first kappa shape index (κ1) is 10.8. The largest absolute Gasteiger partial charge is 0.417 e. The molecular formula is C8H14F3NO. The molecule has 13 heavy (non-hydrogen) atoms. The Morgan fingerprint density at radius 3 is 2.38 bits per heavy atom. The minimum absolute atomic E-state index is 0.243. The van der Waals surface area contributed by atoms with Crippen LogP contribution in [0.1, 0.15) is 19.8 Å². The van der Waals surface area contributed by atoms with E-state index in [1.54, 1.807) is 0 Å². The Balaban J connectivity index is 2.67. The summed E-state index contributed by atoms with van der Waals surface area (Å²) in [5, 5.41) is 12.2. The van der Waals surface area contributed by atoms with Crippen molar-refractivity contribution in [1.82, 2.24) is 5.32 Å². The standard InChI is InChI=1S/C8H14F3NO/c1-7(13,8(9,10)11)6-3-2-4-12-5-6/h6,12-13H,2-5H2,1H3/t6-,7-/m0/s1. The number of rotatable bonds is 1. The van der Waals surface area contributed by atoms with Crippen LogP contribution in [0, 0.1) is 5.92 Å². The van der Waals surface area contributed by atoms with Crippen molar-refractivity contribution in [3.63, 3.8) is 0 Å². The quantitative estimate of drug-likeness (QED) is 0.664. The van der Waals surface area contributed by atoms with Crippen LogP contribution >= 0.6 is 0 Å². The summed E-state index contributed by atoms with van der Waals surface area (Å²) in [6, 6.07) is 0. The lowest BCUT2D eigenvalue weighted by molar-refractivity contribution is -0.273. The lowest BCUT2D eigenvalue weighted by Crippen LogP contribution is -2.53. The molecule has 0 unspecified atom stereocenters. The summed E-state index contributed by atoms with van der Waals surface area (Å²) in [5.74, 6) is -0.721. The van der Waals surface area contributed by atoms with Crippen LogP contribution in [0.5, 0.6) is 0 Å². The predicted molar refractivity (Wildman–Crippen MR) is 42.3 cm³/mol. The van der Waals surface area contributed by atoms with Crippen LogP contribution in [-0.4, -0.2) is 30.0 Å². The zero-order valence-electron chi connectivity index (χ0n) is 7.49. The average molecular weight is 197 g/mol. The number of piperidine rings is 1. The molecule has 0 bridgehead atoms. The number of nitrogens with one attached hydrogen (secondary N) is 1. The second-order valence-corrected chi connectivity index (χ2v) is 3.69. The van der Waals surface area contributed by atoms with Crippen molar-refractivity contribution in [2.24, 2.45) is 5.92 Å². The van der Waals surface area contributed by atoms with Crippen molar-refractivity contribution >= 4 is 0 Å². The Kier molecular flexibility index (Phi) is 2.87. The van der Waals surface area contributed by atoms with E-state index in [4.69, 9.17) is 0 Å². The molecule has 1 saturated heterocycles. The molecule has 0 saturated carbocycles. The Hall–Kier alpha value is -0.290. The molecular weight excluding hydrogens is 183 g/mol. The van der Waals surface area contributed by atoms with Gasteiger partial charge in [0, 0.05) is 12.5 Å². The molecule has 2 atom stereocenters. The minimum atomic E-state index is -4.53. The average Bonchev–Trinajstić information content (AvgIpc) is 2.04. The van der Waals surface area contributed by atoms with Crippen LogP contribution in [0.2, 0.25) is 0 Å². The molecule has 0 amide bonds. The van der Waals surface area contributed by atoms with Gasteiger partial charge in [0.1, 0.15) is 0 Å². The van der Waals surface area contributed by atoms with Gasteiger partial charge in [0.2, 0.25) is 0 Å². The topological polar surface area (TPSA) is 32.3 Å². The summed E-state index contributed by atoms with van der Waals surface area (Å²) in [5.41, 5.74) is -2.56. The molecule has 5 heteroatoms. The van der Waals surface area contributed by atoms with Crippen LogP contribution in [-0.2, 0) is 0 Å². The maximum absolute atomic E-state index is 12.3. The third-order valence-corrected chi connectivity index (χ3v) is 2.67. The number of alkyl halides is 3. The van der Waals surface area contributed by atoms with E-state index in [1.165, 1.54) is 0 Å². The van der Waals surface area contributed by atoms with Crippen molar-refractivity contribution in [2.45, 2.75) is 31.5 Å². The highest BCUT2D eigenvalue weighted by atomic mass is 19.4. The molecule has 1 fully saturated rings. The van der Waals surface area contributed by atoms with Crippen molar-refractivity contribution in [1.29, 1.82) is 0 Å². The summed E-state index contributed by atoms with van der Waals surface area (Å²) < 4.78 is 37.0. The van der Waals surface area contributed by atoms with Crippen molar-refractivity contribution in [2.75, 3.05) is 13.1 Å². The van der Waals surface area contributed by atoms with Gasteiger partial charge in [-0.1, -0.05) is 0 Å². The summed E-state index contributed by atoms with van der Waals surface area (Å²) in [7, 11) is 0. The van der Waals surface area contributed by atoms with E-state index in [9.17, 15) is 18.3 Å². The highest BCUT2D eigenvalue weighted by Gasteiger charge is 2.54. The summed E-state index contributed by atoms with van der Waals surface area (Å²) in [6.07, 6.45) is -3.41. The van der Waals surface area contributed by atoms with Crippen LogP contribution in [0.15, 0.2) is 0 Å². The van der Waals surface area contributed by atoms with Gasteiger partial charge in [-0.3, -0.25) is 0 Å². The van der Waals surface area contributed by atoms with E-state index >= 15 is 0 Å². The molecule has 0 aromatic carbocycles. The fourth-order valence-corrected chi connectivity index (χ4v) is 1.56. The van der Waals surface area contributed by atoms with Crippen LogP contribution in [0.25, 0.3) is 0 Å². The van der Waals surface area contributed by atoms with Crippen LogP contribution < -0.4 is 5.32 Å². The SMILES string of the molecule is C[C@](O)([C@H]1CCCNC1)C(F)(F)F. The van der Waals surface area contributed by atoms with Gasteiger partial charge < -0.3 is 10.4 Å². The van der Waals surface area contributed by atoms with Gasteiger partial charge in [-0.05, 0) is 26.3 Å². The molecule has 1 rings (SSSR count). The fraction of sp³-hybridized carbons (Fsp3) is 1.00. The van der Waals surface area contributed by atoms with E-state index in [-0.39, 0.29) is 6.54 Å². The van der Waals surface area contributed by atoms with E-state index in [2.05, 4.69) is 5.32 Å². The molecule has 1 heterocycles. The first-order valence-corrected chi connectivity index (χ1v) is 4.35. The molecule has 78 valence electrons. The zero-order valence-corrected chi connectivity index (χ0v) is 7.49. The Morgan fingerprint density at radius 1 is 1.38 bits per heavy atom. The van der Waals surface area contributed by atoms with E-state index in [1.807, 2.05) is 0 Å². The van der Waals surface area contributed by atoms with Gasteiger partial charge in [-0.2, -0.15) is 13.2 Å². The van der Waals surface area contributed by atoms with Crippen molar-refractivity contribution in [3.05, 3.63) is 0 Å². The number of aliphatic hydroxyl groups is 1. The monoisotopic (exact) mass is 197 g/mol. The highest BCUT2D eigenvalue weighted by Crippen LogP contribution is 2.38. The van der Waals surface area contributed by atoms with Gasteiger partial charge in [0.25, 0.3) is 0 Å². The summed E-state index contributed by atoms with van der Waals surface area (Å²) >= 11 is 0. The zero-order chi connectivity index (χ0) is 10.1. The van der Waals surface area contributed by atoms with Crippen LogP contribution in [0.3, 0.4) is 0 Å². The molecule has 0 radical (unpaired) electrons. The molecule has 1 aliphatic rings. The van der Waals surface area contributed by atoms with Crippen molar-refractivity contribution < 1.29 is 18.3 Å². The number of halogens is 3. The molecule has 0 aromatic heterocycles. The molecule has 0 aliphatic carbocycles. The Bertz CT molecular complexity index is 173. The minimum Gasteiger partial charge on any atom is -0.380 e. The smallest absolute Gasteiger partial charge is 0.380 e. The predicted octanol–water partition coefficient (Wildman–Crippen LogP) is 1.30. The van der Waals surface area contributed by atoms with Gasteiger partial charge in [-0.15, -0.1) is 0 Å². The Morgan fingerprint density at radius 2 is 2.00 bits per heavy atom. The first-order chi connectivity index (χ1) is 5.86. The van der Waals surface area contributed by atoms with Gasteiger partial charge in [0.05, 0.1) is 0 Å². The molecule has 1 aliphatic heterocycles. The maximum atomic E-state index is 12.3. The number of hydrogen-bond acceptors (Lipinski definition) is 2. The normalized spacial score (nSPS) is 29.8. The molecule has 0 aromatic rings. The van der Waals surface area contributed by atoms with Gasteiger partial charge in [-0.25, -0.2) is 0 Å². The third kappa shape index (κ3) is 2.14. The highest BCUT2D eigenvalue weighted by molar-refractivity contribution is 4.91.